The Morgan fingerprint density at radius 3 is 3.00 bits per heavy atom. The molecule has 4 nitrogen and oxygen atoms in total. The van der Waals surface area contributed by atoms with Crippen LogP contribution in [0.2, 0.25) is 0 Å². The summed E-state index contributed by atoms with van der Waals surface area (Å²) in [5.74, 6) is 0. The zero-order valence-electron chi connectivity index (χ0n) is 6.85. The van der Waals surface area contributed by atoms with Crippen LogP contribution in [0.15, 0.2) is 17.6 Å². The first-order chi connectivity index (χ1) is 5.81. The number of aryl methyl sites for hydroxylation is 1. The van der Waals surface area contributed by atoms with Crippen LogP contribution in [0.5, 0.6) is 0 Å². The van der Waals surface area contributed by atoms with Gasteiger partial charge in [0.2, 0.25) is 0 Å². The van der Waals surface area contributed by atoms with Crippen molar-refractivity contribution in [3.8, 4) is 0 Å². The summed E-state index contributed by atoms with van der Waals surface area (Å²) in [5, 5.41) is 5.84. The second-order valence-electron chi connectivity index (χ2n) is 2.40. The maximum atomic E-state index is 4.31. The van der Waals surface area contributed by atoms with Crippen molar-refractivity contribution in [2.75, 3.05) is 6.26 Å². The normalized spacial score (nSPS) is 10.8. The molecule has 2 heterocycles. The quantitative estimate of drug-likeness (QED) is 0.486. The lowest BCUT2D eigenvalue weighted by Crippen LogP contribution is -1.93. The van der Waals surface area contributed by atoms with E-state index in [1.165, 1.54) is 11.8 Å². The first kappa shape index (κ1) is 7.54. The van der Waals surface area contributed by atoms with Gasteiger partial charge in [-0.1, -0.05) is 11.8 Å². The predicted octanol–water partition coefficient (Wildman–Crippen LogP) is 1.09. The summed E-state index contributed by atoms with van der Waals surface area (Å²) in [7, 11) is 1.87. The van der Waals surface area contributed by atoms with E-state index in [2.05, 4.69) is 15.1 Å². The standard InChI is InChI=1S/C7H8N4S/c1-11-6-5(4-9-11)3-8-7(10-6)12-2/h3-4H,1-2H3. The summed E-state index contributed by atoms with van der Waals surface area (Å²) < 4.78 is 1.75. The maximum absolute atomic E-state index is 4.31. The van der Waals surface area contributed by atoms with Crippen molar-refractivity contribution in [2.24, 2.45) is 7.05 Å². The van der Waals surface area contributed by atoms with E-state index in [4.69, 9.17) is 0 Å². The zero-order chi connectivity index (χ0) is 8.55. The summed E-state index contributed by atoms with van der Waals surface area (Å²) >= 11 is 1.53. The molecule has 0 unspecified atom stereocenters. The molecule has 0 aliphatic rings. The number of fused-ring (bicyclic) bond motifs is 1. The molecular weight excluding hydrogens is 172 g/mol. The molecule has 0 saturated carbocycles. The van der Waals surface area contributed by atoms with Gasteiger partial charge in [-0.2, -0.15) is 5.10 Å². The number of hydrogen-bond acceptors (Lipinski definition) is 4. The summed E-state index contributed by atoms with van der Waals surface area (Å²) in [6, 6.07) is 0. The Morgan fingerprint density at radius 2 is 2.25 bits per heavy atom. The number of hydrogen-bond donors (Lipinski definition) is 0. The van der Waals surface area contributed by atoms with Gasteiger partial charge in [0.15, 0.2) is 10.8 Å². The molecule has 0 spiro atoms. The second kappa shape index (κ2) is 2.75. The third-order valence-electron chi connectivity index (χ3n) is 1.63. The monoisotopic (exact) mass is 180 g/mol. The first-order valence-corrected chi connectivity index (χ1v) is 4.72. The summed E-state index contributed by atoms with van der Waals surface area (Å²) in [6.07, 6.45) is 5.51. The number of aromatic nitrogens is 4. The van der Waals surface area contributed by atoms with Crippen molar-refractivity contribution < 1.29 is 0 Å². The van der Waals surface area contributed by atoms with Crippen LogP contribution in [-0.4, -0.2) is 26.0 Å². The van der Waals surface area contributed by atoms with Gasteiger partial charge < -0.3 is 0 Å². The van der Waals surface area contributed by atoms with Gasteiger partial charge in [0, 0.05) is 13.2 Å². The van der Waals surface area contributed by atoms with Crippen LogP contribution in [0.3, 0.4) is 0 Å². The molecule has 0 amide bonds. The minimum Gasteiger partial charge on any atom is -0.250 e. The molecule has 0 aliphatic carbocycles. The van der Waals surface area contributed by atoms with Gasteiger partial charge in [0.25, 0.3) is 0 Å². The number of thioether (sulfide) groups is 1. The average molecular weight is 180 g/mol. The van der Waals surface area contributed by atoms with Gasteiger partial charge in [0.1, 0.15) is 0 Å². The highest BCUT2D eigenvalue weighted by molar-refractivity contribution is 7.98. The van der Waals surface area contributed by atoms with E-state index in [1.807, 2.05) is 13.3 Å². The third-order valence-corrected chi connectivity index (χ3v) is 2.19. The van der Waals surface area contributed by atoms with E-state index < -0.39 is 0 Å². The number of nitrogens with zero attached hydrogens (tertiary/aromatic N) is 4. The van der Waals surface area contributed by atoms with Crippen molar-refractivity contribution in [1.82, 2.24) is 19.7 Å². The summed E-state index contributed by atoms with van der Waals surface area (Å²) in [6.45, 7) is 0. The fourth-order valence-corrected chi connectivity index (χ4v) is 1.35. The Balaban J connectivity index is 2.71. The lowest BCUT2D eigenvalue weighted by Gasteiger charge is -1.95. The molecule has 0 atom stereocenters. The van der Waals surface area contributed by atoms with Crippen molar-refractivity contribution >= 4 is 22.8 Å². The van der Waals surface area contributed by atoms with Gasteiger partial charge >= 0.3 is 0 Å². The van der Waals surface area contributed by atoms with Crippen LogP contribution >= 0.6 is 11.8 Å². The third kappa shape index (κ3) is 1.06. The molecule has 2 rings (SSSR count). The second-order valence-corrected chi connectivity index (χ2v) is 3.18. The summed E-state index contributed by atoms with van der Waals surface area (Å²) in [4.78, 5) is 8.44. The average Bonchev–Trinajstić information content (AvgIpc) is 2.47. The highest BCUT2D eigenvalue weighted by Crippen LogP contribution is 2.13. The Kier molecular flexibility index (Phi) is 1.73. The molecule has 0 aromatic carbocycles. The molecule has 0 saturated heterocycles. The topological polar surface area (TPSA) is 43.6 Å². The molecule has 0 radical (unpaired) electrons. The van der Waals surface area contributed by atoms with E-state index in [-0.39, 0.29) is 0 Å². The Bertz CT molecular complexity index is 409. The van der Waals surface area contributed by atoms with Gasteiger partial charge in [0.05, 0.1) is 11.6 Å². The zero-order valence-corrected chi connectivity index (χ0v) is 7.67. The van der Waals surface area contributed by atoms with E-state index in [1.54, 1.807) is 17.1 Å². The summed E-state index contributed by atoms with van der Waals surface area (Å²) in [5.41, 5.74) is 0.884. The van der Waals surface area contributed by atoms with Gasteiger partial charge in [-0.15, -0.1) is 0 Å². The van der Waals surface area contributed by atoms with E-state index >= 15 is 0 Å². The molecule has 0 aliphatic heterocycles. The molecule has 62 valence electrons. The van der Waals surface area contributed by atoms with Crippen LogP contribution in [0, 0.1) is 0 Å². The number of rotatable bonds is 1. The van der Waals surface area contributed by atoms with Crippen molar-refractivity contribution in [2.45, 2.75) is 5.16 Å². The van der Waals surface area contributed by atoms with Crippen LogP contribution < -0.4 is 0 Å². The SMILES string of the molecule is CSc1ncc2cnn(C)c2n1. The van der Waals surface area contributed by atoms with Crippen LogP contribution in [-0.2, 0) is 7.05 Å². The molecule has 2 aromatic rings. The van der Waals surface area contributed by atoms with Crippen molar-refractivity contribution in [3.05, 3.63) is 12.4 Å². The van der Waals surface area contributed by atoms with Crippen LogP contribution in [0.1, 0.15) is 0 Å². The molecule has 2 aromatic heterocycles. The van der Waals surface area contributed by atoms with E-state index in [9.17, 15) is 0 Å². The molecule has 12 heavy (non-hydrogen) atoms. The predicted molar refractivity (Wildman–Crippen MR) is 48.1 cm³/mol. The molecule has 0 N–H and O–H groups in total. The van der Waals surface area contributed by atoms with Gasteiger partial charge in [-0.25, -0.2) is 9.97 Å². The Hall–Kier alpha value is -1.10. The Labute approximate surface area is 74.0 Å². The highest BCUT2D eigenvalue weighted by Gasteiger charge is 2.01. The van der Waals surface area contributed by atoms with E-state index in [0.717, 1.165) is 16.2 Å². The largest absolute Gasteiger partial charge is 0.250 e. The highest BCUT2D eigenvalue weighted by atomic mass is 32.2. The minimum atomic E-state index is 0.783. The fraction of sp³-hybridized carbons (Fsp3) is 0.286. The molecular formula is C7H8N4S. The molecule has 5 heteroatoms. The fourth-order valence-electron chi connectivity index (χ4n) is 1.02. The molecule has 0 fully saturated rings. The van der Waals surface area contributed by atoms with Crippen LogP contribution in [0.25, 0.3) is 11.0 Å². The van der Waals surface area contributed by atoms with Crippen molar-refractivity contribution in [3.63, 3.8) is 0 Å². The van der Waals surface area contributed by atoms with E-state index in [0.29, 0.717) is 0 Å². The maximum Gasteiger partial charge on any atom is 0.189 e. The van der Waals surface area contributed by atoms with Gasteiger partial charge in [-0.05, 0) is 6.26 Å². The van der Waals surface area contributed by atoms with Crippen molar-refractivity contribution in [1.29, 1.82) is 0 Å². The lowest BCUT2D eigenvalue weighted by molar-refractivity contribution is 0.777. The lowest BCUT2D eigenvalue weighted by atomic mass is 10.4. The van der Waals surface area contributed by atoms with Gasteiger partial charge in [-0.3, -0.25) is 4.68 Å². The Morgan fingerprint density at radius 1 is 1.42 bits per heavy atom. The smallest absolute Gasteiger partial charge is 0.189 e. The first-order valence-electron chi connectivity index (χ1n) is 3.50. The minimum absolute atomic E-state index is 0.783. The molecule has 0 bridgehead atoms. The van der Waals surface area contributed by atoms with Crippen LogP contribution in [0.4, 0.5) is 0 Å².